The highest BCUT2D eigenvalue weighted by Crippen LogP contribution is 2.37. The van der Waals surface area contributed by atoms with Gasteiger partial charge < -0.3 is 19.5 Å². The summed E-state index contributed by atoms with van der Waals surface area (Å²) in [6.07, 6.45) is 2.06. The standard InChI is InChI=1S/C23H24ClFN4O4/c1-13(30)8-22(26)33-21-11-19-16(10-20(21)32-15-4-6-31-7-5-15)23(28-12-27-19)29-14-2-3-18(25)17(24)9-14/h2-3,9-12,15,22H,4-8,26H2,1H3,(H,27,28,29). The number of carbonyl (C=O) groups excluding carboxylic acids is 1. The topological polar surface area (TPSA) is 109 Å². The van der Waals surface area contributed by atoms with Crippen LogP contribution in [0.25, 0.3) is 10.9 Å². The van der Waals surface area contributed by atoms with Crippen LogP contribution in [0.1, 0.15) is 26.2 Å². The number of nitrogens with one attached hydrogen (secondary N) is 1. The summed E-state index contributed by atoms with van der Waals surface area (Å²) in [5.41, 5.74) is 7.15. The molecule has 0 spiro atoms. The van der Waals surface area contributed by atoms with E-state index in [-0.39, 0.29) is 23.3 Å². The fourth-order valence-corrected chi connectivity index (χ4v) is 3.70. The molecule has 0 amide bonds. The SMILES string of the molecule is CC(=O)CC(N)Oc1cc2ncnc(Nc3ccc(F)c(Cl)c3)c2cc1OC1CCOCC1. The van der Waals surface area contributed by atoms with E-state index in [1.807, 2.05) is 0 Å². The Morgan fingerprint density at radius 1 is 1.27 bits per heavy atom. The summed E-state index contributed by atoms with van der Waals surface area (Å²) in [5.74, 6) is 0.743. The first-order chi connectivity index (χ1) is 15.9. The third-order valence-corrected chi connectivity index (χ3v) is 5.40. The second kappa shape index (κ2) is 10.3. The van der Waals surface area contributed by atoms with Gasteiger partial charge in [-0.3, -0.25) is 10.5 Å². The van der Waals surface area contributed by atoms with Gasteiger partial charge in [-0.15, -0.1) is 0 Å². The average molecular weight is 475 g/mol. The zero-order valence-corrected chi connectivity index (χ0v) is 18.8. The van der Waals surface area contributed by atoms with Crippen molar-refractivity contribution in [1.29, 1.82) is 0 Å². The fourth-order valence-electron chi connectivity index (χ4n) is 3.52. The van der Waals surface area contributed by atoms with E-state index in [0.29, 0.717) is 47.1 Å². The monoisotopic (exact) mass is 474 g/mol. The zero-order valence-electron chi connectivity index (χ0n) is 18.0. The van der Waals surface area contributed by atoms with E-state index in [4.69, 9.17) is 31.5 Å². The molecule has 0 bridgehead atoms. The Morgan fingerprint density at radius 2 is 2.06 bits per heavy atom. The van der Waals surface area contributed by atoms with Crippen molar-refractivity contribution in [1.82, 2.24) is 9.97 Å². The predicted octanol–water partition coefficient (Wildman–Crippen LogP) is 4.37. The number of hydrogen-bond donors (Lipinski definition) is 2. The molecule has 3 aromatic rings. The summed E-state index contributed by atoms with van der Waals surface area (Å²) in [6.45, 7) is 2.68. The van der Waals surface area contributed by atoms with E-state index in [0.717, 1.165) is 12.8 Å². The third-order valence-electron chi connectivity index (χ3n) is 5.11. The maximum Gasteiger partial charge on any atom is 0.165 e. The number of ether oxygens (including phenoxy) is 3. The number of carbonyl (C=O) groups is 1. The molecule has 2 aromatic carbocycles. The van der Waals surface area contributed by atoms with Crippen LogP contribution in [-0.4, -0.2) is 41.3 Å². The summed E-state index contributed by atoms with van der Waals surface area (Å²) >= 11 is 5.91. The Bertz CT molecular complexity index is 1160. The van der Waals surface area contributed by atoms with Crippen molar-refractivity contribution in [2.75, 3.05) is 18.5 Å². The Labute approximate surface area is 195 Å². The van der Waals surface area contributed by atoms with E-state index in [2.05, 4.69) is 15.3 Å². The quantitative estimate of drug-likeness (QED) is 0.463. The van der Waals surface area contributed by atoms with Gasteiger partial charge in [-0.25, -0.2) is 14.4 Å². The Morgan fingerprint density at radius 3 is 2.79 bits per heavy atom. The van der Waals surface area contributed by atoms with Crippen molar-refractivity contribution in [2.45, 2.75) is 38.5 Å². The van der Waals surface area contributed by atoms with Crippen LogP contribution in [0.15, 0.2) is 36.7 Å². The van der Waals surface area contributed by atoms with Gasteiger partial charge in [0.05, 0.1) is 30.2 Å². The molecule has 1 aliphatic heterocycles. The molecule has 0 saturated carbocycles. The van der Waals surface area contributed by atoms with Crippen LogP contribution in [-0.2, 0) is 9.53 Å². The lowest BCUT2D eigenvalue weighted by Gasteiger charge is -2.25. The van der Waals surface area contributed by atoms with E-state index >= 15 is 0 Å². The molecular weight excluding hydrogens is 451 g/mol. The number of nitrogens with two attached hydrogens (primary N) is 1. The molecule has 0 radical (unpaired) electrons. The first-order valence-electron chi connectivity index (χ1n) is 10.6. The van der Waals surface area contributed by atoms with Crippen LogP contribution in [0.4, 0.5) is 15.9 Å². The molecule has 1 aromatic heterocycles. The van der Waals surface area contributed by atoms with Crippen molar-refractivity contribution in [2.24, 2.45) is 5.73 Å². The van der Waals surface area contributed by atoms with Gasteiger partial charge in [-0.05, 0) is 31.2 Å². The van der Waals surface area contributed by atoms with Crippen molar-refractivity contribution in [3.8, 4) is 11.5 Å². The largest absolute Gasteiger partial charge is 0.486 e. The highest BCUT2D eigenvalue weighted by molar-refractivity contribution is 6.31. The van der Waals surface area contributed by atoms with Crippen molar-refractivity contribution < 1.29 is 23.4 Å². The minimum atomic E-state index is -0.822. The van der Waals surface area contributed by atoms with Gasteiger partial charge in [0.15, 0.2) is 17.7 Å². The van der Waals surface area contributed by atoms with Gasteiger partial charge >= 0.3 is 0 Å². The lowest BCUT2D eigenvalue weighted by Crippen LogP contribution is -2.30. The maximum atomic E-state index is 13.5. The van der Waals surface area contributed by atoms with Crippen molar-refractivity contribution in [3.05, 3.63) is 47.5 Å². The molecule has 0 aliphatic carbocycles. The number of nitrogens with zero attached hydrogens (tertiary/aromatic N) is 2. The van der Waals surface area contributed by atoms with Crippen LogP contribution in [0.5, 0.6) is 11.5 Å². The molecule has 33 heavy (non-hydrogen) atoms. The number of rotatable bonds is 8. The number of ketones is 1. The van der Waals surface area contributed by atoms with E-state index in [1.54, 1.807) is 18.2 Å². The van der Waals surface area contributed by atoms with Crippen LogP contribution < -0.4 is 20.5 Å². The smallest absolute Gasteiger partial charge is 0.165 e. The molecule has 1 aliphatic rings. The molecule has 3 N–H and O–H groups in total. The number of Topliss-reactive ketones (excluding diaryl/α,β-unsaturated/α-hetero) is 1. The number of fused-ring (bicyclic) bond motifs is 1. The number of hydrogen-bond acceptors (Lipinski definition) is 8. The summed E-state index contributed by atoms with van der Waals surface area (Å²) in [4.78, 5) is 20.1. The number of anilines is 2. The summed E-state index contributed by atoms with van der Waals surface area (Å²) in [6, 6.07) is 7.79. The molecule has 1 fully saturated rings. The highest BCUT2D eigenvalue weighted by Gasteiger charge is 2.21. The molecule has 4 rings (SSSR count). The van der Waals surface area contributed by atoms with Crippen molar-refractivity contribution >= 4 is 39.8 Å². The van der Waals surface area contributed by atoms with Gasteiger partial charge in [0.25, 0.3) is 0 Å². The minimum Gasteiger partial charge on any atom is -0.486 e. The van der Waals surface area contributed by atoms with Crippen molar-refractivity contribution in [3.63, 3.8) is 0 Å². The molecule has 1 unspecified atom stereocenters. The molecular formula is C23H24ClFN4O4. The van der Waals surface area contributed by atoms with Gasteiger partial charge in [0.2, 0.25) is 0 Å². The predicted molar refractivity (Wildman–Crippen MR) is 123 cm³/mol. The minimum absolute atomic E-state index is 0.00273. The van der Waals surface area contributed by atoms with Gasteiger partial charge in [-0.1, -0.05) is 11.6 Å². The average Bonchev–Trinajstić information content (AvgIpc) is 2.77. The summed E-state index contributed by atoms with van der Waals surface area (Å²) in [5, 5.41) is 3.80. The molecule has 174 valence electrons. The lowest BCUT2D eigenvalue weighted by molar-refractivity contribution is -0.118. The van der Waals surface area contributed by atoms with Crippen LogP contribution in [0, 0.1) is 5.82 Å². The van der Waals surface area contributed by atoms with Gasteiger partial charge in [0.1, 0.15) is 29.8 Å². The molecule has 8 nitrogen and oxygen atoms in total. The number of halogens is 2. The Balaban J connectivity index is 1.70. The van der Waals surface area contributed by atoms with E-state index in [1.165, 1.54) is 25.4 Å². The number of benzene rings is 2. The second-order valence-corrected chi connectivity index (χ2v) is 8.19. The van der Waals surface area contributed by atoms with E-state index < -0.39 is 12.0 Å². The fraction of sp³-hybridized carbons (Fsp3) is 0.348. The maximum absolute atomic E-state index is 13.5. The lowest BCUT2D eigenvalue weighted by atomic mass is 10.1. The first kappa shape index (κ1) is 23.2. The zero-order chi connectivity index (χ0) is 23.4. The number of aromatic nitrogens is 2. The van der Waals surface area contributed by atoms with Crippen LogP contribution in [0.2, 0.25) is 5.02 Å². The molecule has 1 saturated heterocycles. The molecule has 2 heterocycles. The van der Waals surface area contributed by atoms with Gasteiger partial charge in [0, 0.05) is 30.0 Å². The Hall–Kier alpha value is -3.01. The van der Waals surface area contributed by atoms with Gasteiger partial charge in [-0.2, -0.15) is 0 Å². The highest BCUT2D eigenvalue weighted by atomic mass is 35.5. The van der Waals surface area contributed by atoms with Crippen LogP contribution in [0.3, 0.4) is 0 Å². The third kappa shape index (κ3) is 5.87. The summed E-state index contributed by atoms with van der Waals surface area (Å²) < 4.78 is 31.0. The van der Waals surface area contributed by atoms with Crippen LogP contribution >= 0.6 is 11.6 Å². The normalized spacial score (nSPS) is 15.3. The van der Waals surface area contributed by atoms with E-state index in [9.17, 15) is 9.18 Å². The summed E-state index contributed by atoms with van der Waals surface area (Å²) in [7, 11) is 0. The second-order valence-electron chi connectivity index (χ2n) is 7.78. The first-order valence-corrected chi connectivity index (χ1v) is 10.9. The molecule has 1 atom stereocenters. The molecule has 10 heteroatoms. The Kier molecular flexibility index (Phi) is 7.22.